The lowest BCUT2D eigenvalue weighted by Crippen LogP contribution is -2.25. The maximum atomic E-state index is 13.0. The standard InChI is InChI=1S/C8H4Cl4FNO2S/c9-4-1-5(10)3-6(2-4)14(7(15)16)17-8(11,12)13/h1-3H,(H,15,16). The molecule has 1 N–H and O–H groups in total. The highest BCUT2D eigenvalue weighted by atomic mass is 35.5. The van der Waals surface area contributed by atoms with Gasteiger partial charge in [0, 0.05) is 22.0 Å². The predicted molar refractivity (Wildman–Crippen MR) is 70.1 cm³/mol. The minimum absolute atomic E-state index is 0.0447. The van der Waals surface area contributed by atoms with Crippen LogP contribution in [0.1, 0.15) is 0 Å². The number of benzene rings is 1. The van der Waals surface area contributed by atoms with Gasteiger partial charge in [-0.05, 0) is 18.2 Å². The molecule has 0 saturated carbocycles. The maximum Gasteiger partial charge on any atom is 0.422 e. The number of halogens is 5. The summed E-state index contributed by atoms with van der Waals surface area (Å²) >= 11 is 21.6. The van der Waals surface area contributed by atoms with Crippen LogP contribution in [0.3, 0.4) is 0 Å². The first-order valence-electron chi connectivity index (χ1n) is 3.94. The van der Waals surface area contributed by atoms with Crippen LogP contribution >= 0.6 is 58.4 Å². The first-order chi connectivity index (χ1) is 7.69. The number of hydrogen-bond donors (Lipinski definition) is 1. The van der Waals surface area contributed by atoms with E-state index in [9.17, 15) is 9.18 Å². The van der Waals surface area contributed by atoms with Gasteiger partial charge in [-0.1, -0.05) is 46.4 Å². The topological polar surface area (TPSA) is 40.5 Å². The Hall–Kier alpha value is -0.0700. The van der Waals surface area contributed by atoms with E-state index in [0.717, 1.165) is 0 Å². The van der Waals surface area contributed by atoms with Gasteiger partial charge in [0.2, 0.25) is 0 Å². The van der Waals surface area contributed by atoms with Gasteiger partial charge in [-0.3, -0.25) is 0 Å². The Morgan fingerprint density at radius 2 is 1.76 bits per heavy atom. The van der Waals surface area contributed by atoms with Crippen molar-refractivity contribution in [1.29, 1.82) is 0 Å². The SMILES string of the molecule is O=C(O)N(SC(F)(Cl)Cl)c1cc(Cl)cc(Cl)c1. The fourth-order valence-corrected chi connectivity index (χ4v) is 2.39. The molecule has 9 heteroatoms. The molecule has 0 aliphatic rings. The van der Waals surface area contributed by atoms with Gasteiger partial charge in [0.15, 0.2) is 0 Å². The van der Waals surface area contributed by atoms with Gasteiger partial charge in [0.05, 0.1) is 5.69 Å². The number of carboxylic acid groups (broad SMARTS) is 1. The van der Waals surface area contributed by atoms with Gasteiger partial charge in [0.1, 0.15) is 0 Å². The molecule has 0 unspecified atom stereocenters. The largest absolute Gasteiger partial charge is 0.464 e. The maximum absolute atomic E-state index is 13.0. The second-order valence-electron chi connectivity index (χ2n) is 2.74. The van der Waals surface area contributed by atoms with Gasteiger partial charge < -0.3 is 5.11 Å². The minimum atomic E-state index is -2.78. The summed E-state index contributed by atoms with van der Waals surface area (Å²) in [6.07, 6.45) is -1.46. The fraction of sp³-hybridized carbons (Fsp3) is 0.125. The van der Waals surface area contributed by atoms with E-state index in [-0.39, 0.29) is 27.7 Å². The molecule has 0 atom stereocenters. The molecule has 3 nitrogen and oxygen atoms in total. The first kappa shape index (κ1) is 15.0. The van der Waals surface area contributed by atoms with E-state index in [1.54, 1.807) is 0 Å². The van der Waals surface area contributed by atoms with E-state index in [1.165, 1.54) is 18.2 Å². The van der Waals surface area contributed by atoms with Crippen LogP contribution in [0, 0.1) is 0 Å². The van der Waals surface area contributed by atoms with E-state index in [2.05, 4.69) is 0 Å². The van der Waals surface area contributed by atoms with Gasteiger partial charge in [0.25, 0.3) is 0 Å². The number of carbonyl (C=O) groups is 1. The Morgan fingerprint density at radius 3 is 2.12 bits per heavy atom. The number of nitrogens with zero attached hydrogens (tertiary/aromatic N) is 1. The zero-order chi connectivity index (χ0) is 13.2. The summed E-state index contributed by atoms with van der Waals surface area (Å²) in [6, 6.07) is 3.98. The minimum Gasteiger partial charge on any atom is -0.464 e. The van der Waals surface area contributed by atoms with Crippen LogP contribution in [0.2, 0.25) is 10.0 Å². The van der Waals surface area contributed by atoms with Crippen molar-refractivity contribution in [1.82, 2.24) is 0 Å². The van der Waals surface area contributed by atoms with Crippen molar-refractivity contribution in [3.63, 3.8) is 0 Å². The average molecular weight is 339 g/mol. The van der Waals surface area contributed by atoms with Crippen molar-refractivity contribution >= 4 is 70.1 Å². The van der Waals surface area contributed by atoms with Crippen molar-refractivity contribution in [2.45, 2.75) is 3.92 Å². The second kappa shape index (κ2) is 5.71. The van der Waals surface area contributed by atoms with E-state index < -0.39 is 10.0 Å². The summed E-state index contributed by atoms with van der Waals surface area (Å²) in [5.74, 6) is 0. The molecule has 0 heterocycles. The smallest absolute Gasteiger partial charge is 0.422 e. The number of hydrogen-bond acceptors (Lipinski definition) is 2. The molecule has 94 valence electrons. The van der Waals surface area contributed by atoms with Crippen molar-refractivity contribution < 1.29 is 14.3 Å². The molecule has 0 aliphatic heterocycles. The zero-order valence-electron chi connectivity index (χ0n) is 7.83. The summed E-state index contributed by atoms with van der Waals surface area (Å²) in [7, 11) is 0. The van der Waals surface area contributed by atoms with Gasteiger partial charge in [-0.25, -0.2) is 9.10 Å². The third-order valence-corrected chi connectivity index (χ3v) is 3.06. The molecule has 0 saturated heterocycles. The highest BCUT2D eigenvalue weighted by molar-refractivity contribution is 8.04. The Morgan fingerprint density at radius 1 is 1.29 bits per heavy atom. The highest BCUT2D eigenvalue weighted by Gasteiger charge is 2.31. The van der Waals surface area contributed by atoms with Gasteiger partial charge in [-0.2, -0.15) is 4.39 Å². The third-order valence-electron chi connectivity index (χ3n) is 1.45. The highest BCUT2D eigenvalue weighted by Crippen LogP contribution is 2.41. The molecule has 0 aromatic heterocycles. The molecule has 1 aromatic carbocycles. The lowest BCUT2D eigenvalue weighted by Gasteiger charge is -2.21. The summed E-state index contributed by atoms with van der Waals surface area (Å²) in [6.45, 7) is 0. The Balaban J connectivity index is 3.10. The van der Waals surface area contributed by atoms with Crippen molar-refractivity contribution in [2.75, 3.05) is 4.31 Å². The monoisotopic (exact) mass is 337 g/mol. The molecule has 0 spiro atoms. The Labute approximate surface area is 121 Å². The molecule has 17 heavy (non-hydrogen) atoms. The average Bonchev–Trinajstić information content (AvgIpc) is 2.10. The molecule has 0 radical (unpaired) electrons. The quantitative estimate of drug-likeness (QED) is 0.609. The number of amides is 1. The van der Waals surface area contributed by atoms with Crippen LogP contribution in [0.4, 0.5) is 14.9 Å². The predicted octanol–water partition coefficient (Wildman–Crippen LogP) is 5.18. The van der Waals surface area contributed by atoms with Crippen LogP contribution < -0.4 is 4.31 Å². The van der Waals surface area contributed by atoms with Crippen molar-refractivity contribution in [2.24, 2.45) is 0 Å². The summed E-state index contributed by atoms with van der Waals surface area (Å²) in [5.41, 5.74) is 0.0447. The Kier molecular flexibility index (Phi) is 5.04. The third kappa shape index (κ3) is 4.97. The van der Waals surface area contributed by atoms with Crippen LogP contribution in [-0.2, 0) is 0 Å². The lowest BCUT2D eigenvalue weighted by molar-refractivity contribution is 0.206. The number of rotatable bonds is 3. The van der Waals surface area contributed by atoms with Crippen LogP contribution in [0.25, 0.3) is 0 Å². The molecule has 0 fully saturated rings. The zero-order valence-corrected chi connectivity index (χ0v) is 11.7. The molecular formula is C8H4Cl4FNO2S. The summed E-state index contributed by atoms with van der Waals surface area (Å²) in [5, 5.41) is 9.31. The van der Waals surface area contributed by atoms with Crippen molar-refractivity contribution in [3.05, 3.63) is 28.2 Å². The lowest BCUT2D eigenvalue weighted by atomic mass is 10.3. The van der Waals surface area contributed by atoms with E-state index in [4.69, 9.17) is 51.5 Å². The molecular weight excluding hydrogens is 335 g/mol. The Bertz CT molecular complexity index is 420. The van der Waals surface area contributed by atoms with Gasteiger partial charge in [-0.15, -0.1) is 0 Å². The fourth-order valence-electron chi connectivity index (χ4n) is 0.962. The first-order valence-corrected chi connectivity index (χ1v) is 6.22. The number of alkyl halides is 3. The van der Waals surface area contributed by atoms with Crippen molar-refractivity contribution in [3.8, 4) is 0 Å². The van der Waals surface area contributed by atoms with E-state index in [1.807, 2.05) is 0 Å². The summed E-state index contributed by atoms with van der Waals surface area (Å²) < 4.78 is 10.8. The second-order valence-corrected chi connectivity index (χ2v) is 6.41. The molecule has 0 bridgehead atoms. The number of anilines is 1. The molecule has 0 aliphatic carbocycles. The van der Waals surface area contributed by atoms with Crippen LogP contribution in [-0.4, -0.2) is 15.1 Å². The summed E-state index contributed by atoms with van der Waals surface area (Å²) in [4.78, 5) is 10.9. The van der Waals surface area contributed by atoms with E-state index in [0.29, 0.717) is 4.31 Å². The molecule has 1 amide bonds. The van der Waals surface area contributed by atoms with E-state index >= 15 is 0 Å². The molecule has 1 aromatic rings. The normalized spacial score (nSPS) is 11.4. The van der Waals surface area contributed by atoms with Gasteiger partial charge >= 0.3 is 10.0 Å². The van der Waals surface area contributed by atoms with Crippen LogP contribution in [0.5, 0.6) is 0 Å². The molecule has 1 rings (SSSR count). The van der Waals surface area contributed by atoms with Crippen LogP contribution in [0.15, 0.2) is 18.2 Å².